The van der Waals surface area contributed by atoms with Crippen molar-refractivity contribution in [2.24, 2.45) is 5.92 Å². The Morgan fingerprint density at radius 3 is 2.53 bits per heavy atom. The van der Waals surface area contributed by atoms with E-state index >= 15 is 0 Å². The van der Waals surface area contributed by atoms with Crippen LogP contribution in [0.1, 0.15) is 44.9 Å². The van der Waals surface area contributed by atoms with Crippen molar-refractivity contribution in [1.29, 1.82) is 0 Å². The van der Waals surface area contributed by atoms with Crippen LogP contribution in [0.25, 0.3) is 0 Å². The SMILES string of the molecule is CN(C[C@@H]1CCCNC1)C1CCCCC1. The van der Waals surface area contributed by atoms with Gasteiger partial charge in [0.15, 0.2) is 0 Å². The van der Waals surface area contributed by atoms with Crippen LogP contribution in [0.5, 0.6) is 0 Å². The fourth-order valence-corrected chi connectivity index (χ4v) is 3.16. The van der Waals surface area contributed by atoms with Crippen molar-refractivity contribution in [3.05, 3.63) is 0 Å². The number of rotatable bonds is 3. The molecule has 0 amide bonds. The molecule has 1 atom stereocenters. The van der Waals surface area contributed by atoms with Crippen LogP contribution in [-0.2, 0) is 0 Å². The highest BCUT2D eigenvalue weighted by atomic mass is 15.1. The largest absolute Gasteiger partial charge is 0.316 e. The molecule has 15 heavy (non-hydrogen) atoms. The zero-order valence-electron chi connectivity index (χ0n) is 10.2. The molecule has 0 aromatic heterocycles. The van der Waals surface area contributed by atoms with Gasteiger partial charge in [-0.1, -0.05) is 19.3 Å². The molecule has 0 unspecified atom stereocenters. The third kappa shape index (κ3) is 3.46. The van der Waals surface area contributed by atoms with Crippen molar-refractivity contribution >= 4 is 0 Å². The number of nitrogens with zero attached hydrogens (tertiary/aromatic N) is 1. The monoisotopic (exact) mass is 210 g/mol. The average molecular weight is 210 g/mol. The molecular weight excluding hydrogens is 184 g/mol. The Kier molecular flexibility index (Phi) is 4.45. The molecule has 0 aromatic carbocycles. The summed E-state index contributed by atoms with van der Waals surface area (Å²) in [7, 11) is 2.34. The second kappa shape index (κ2) is 5.86. The van der Waals surface area contributed by atoms with E-state index in [-0.39, 0.29) is 0 Å². The Balaban J connectivity index is 1.72. The van der Waals surface area contributed by atoms with Crippen LogP contribution in [0, 0.1) is 5.92 Å². The third-order valence-electron chi connectivity index (χ3n) is 4.14. The van der Waals surface area contributed by atoms with Gasteiger partial charge in [0.1, 0.15) is 0 Å². The Labute approximate surface area is 94.4 Å². The fraction of sp³-hybridized carbons (Fsp3) is 1.00. The lowest BCUT2D eigenvalue weighted by Crippen LogP contribution is -2.41. The molecule has 0 spiro atoms. The van der Waals surface area contributed by atoms with Gasteiger partial charge in [-0.2, -0.15) is 0 Å². The van der Waals surface area contributed by atoms with Gasteiger partial charge < -0.3 is 10.2 Å². The number of hydrogen-bond donors (Lipinski definition) is 1. The van der Waals surface area contributed by atoms with E-state index in [0.717, 1.165) is 12.0 Å². The van der Waals surface area contributed by atoms with Crippen LogP contribution in [0.4, 0.5) is 0 Å². The molecule has 1 aliphatic heterocycles. The maximum Gasteiger partial charge on any atom is 0.00923 e. The van der Waals surface area contributed by atoms with E-state index in [0.29, 0.717) is 0 Å². The molecule has 2 fully saturated rings. The normalized spacial score (nSPS) is 29.6. The van der Waals surface area contributed by atoms with Crippen molar-refractivity contribution in [3.63, 3.8) is 0 Å². The zero-order valence-corrected chi connectivity index (χ0v) is 10.2. The molecule has 2 aliphatic rings. The van der Waals surface area contributed by atoms with E-state index in [9.17, 15) is 0 Å². The minimum Gasteiger partial charge on any atom is -0.316 e. The maximum atomic E-state index is 3.52. The standard InChI is InChI=1S/C13H26N2/c1-15(13-7-3-2-4-8-13)11-12-6-5-9-14-10-12/h12-14H,2-11H2,1H3/t12-/m1/s1. The Morgan fingerprint density at radius 2 is 1.87 bits per heavy atom. The van der Waals surface area contributed by atoms with E-state index < -0.39 is 0 Å². The van der Waals surface area contributed by atoms with Gasteiger partial charge in [-0.05, 0) is 51.7 Å². The zero-order chi connectivity index (χ0) is 10.5. The quantitative estimate of drug-likeness (QED) is 0.768. The average Bonchev–Trinajstić information content (AvgIpc) is 2.31. The van der Waals surface area contributed by atoms with Crippen LogP contribution in [0.3, 0.4) is 0 Å². The van der Waals surface area contributed by atoms with E-state index in [1.54, 1.807) is 0 Å². The Bertz CT molecular complexity index is 169. The molecule has 1 saturated carbocycles. The van der Waals surface area contributed by atoms with Gasteiger partial charge in [-0.25, -0.2) is 0 Å². The summed E-state index contributed by atoms with van der Waals surface area (Å²) in [5.74, 6) is 0.908. The van der Waals surface area contributed by atoms with Gasteiger partial charge in [0.25, 0.3) is 0 Å². The minimum absolute atomic E-state index is 0.890. The van der Waals surface area contributed by atoms with Gasteiger partial charge in [0.2, 0.25) is 0 Å². The van der Waals surface area contributed by atoms with Crippen molar-refractivity contribution in [1.82, 2.24) is 10.2 Å². The lowest BCUT2D eigenvalue weighted by atomic mass is 9.92. The van der Waals surface area contributed by atoms with E-state index in [1.165, 1.54) is 64.6 Å². The second-order valence-electron chi connectivity index (χ2n) is 5.44. The van der Waals surface area contributed by atoms with Crippen LogP contribution < -0.4 is 5.32 Å². The van der Waals surface area contributed by atoms with Gasteiger partial charge in [-0.3, -0.25) is 0 Å². The van der Waals surface area contributed by atoms with Crippen molar-refractivity contribution in [2.75, 3.05) is 26.7 Å². The molecule has 2 heteroatoms. The fourth-order valence-electron chi connectivity index (χ4n) is 3.16. The molecule has 1 aliphatic carbocycles. The van der Waals surface area contributed by atoms with Gasteiger partial charge >= 0.3 is 0 Å². The summed E-state index contributed by atoms with van der Waals surface area (Å²) in [6, 6.07) is 0.890. The summed E-state index contributed by atoms with van der Waals surface area (Å²) in [6.07, 6.45) is 10.1. The molecule has 2 nitrogen and oxygen atoms in total. The minimum atomic E-state index is 0.890. The second-order valence-corrected chi connectivity index (χ2v) is 5.44. The number of nitrogens with one attached hydrogen (secondary N) is 1. The smallest absolute Gasteiger partial charge is 0.00923 e. The molecule has 0 radical (unpaired) electrons. The Morgan fingerprint density at radius 1 is 1.07 bits per heavy atom. The third-order valence-corrected chi connectivity index (χ3v) is 4.14. The van der Waals surface area contributed by atoms with E-state index in [1.807, 2.05) is 0 Å². The number of piperidine rings is 1. The predicted molar refractivity (Wildman–Crippen MR) is 65.1 cm³/mol. The molecule has 88 valence electrons. The summed E-state index contributed by atoms with van der Waals surface area (Å²) in [4.78, 5) is 2.64. The lowest BCUT2D eigenvalue weighted by Gasteiger charge is -2.35. The van der Waals surface area contributed by atoms with E-state index in [4.69, 9.17) is 0 Å². The Hall–Kier alpha value is -0.0800. The van der Waals surface area contributed by atoms with Gasteiger partial charge in [-0.15, -0.1) is 0 Å². The van der Waals surface area contributed by atoms with Gasteiger partial charge in [0.05, 0.1) is 0 Å². The highest BCUT2D eigenvalue weighted by Gasteiger charge is 2.21. The summed E-state index contributed by atoms with van der Waals surface area (Å²) in [6.45, 7) is 3.80. The van der Waals surface area contributed by atoms with E-state index in [2.05, 4.69) is 17.3 Å². The molecule has 0 bridgehead atoms. The molecule has 1 heterocycles. The first kappa shape index (κ1) is 11.4. The molecule has 1 saturated heterocycles. The maximum absolute atomic E-state index is 3.52. The highest BCUT2D eigenvalue weighted by molar-refractivity contribution is 4.78. The molecule has 2 rings (SSSR count). The van der Waals surface area contributed by atoms with Crippen LogP contribution in [0.15, 0.2) is 0 Å². The van der Waals surface area contributed by atoms with Crippen molar-refractivity contribution in [2.45, 2.75) is 51.0 Å². The first-order valence-electron chi connectivity index (χ1n) is 6.77. The molecule has 0 aromatic rings. The summed E-state index contributed by atoms with van der Waals surface area (Å²) < 4.78 is 0. The summed E-state index contributed by atoms with van der Waals surface area (Å²) >= 11 is 0. The summed E-state index contributed by atoms with van der Waals surface area (Å²) in [5, 5.41) is 3.52. The topological polar surface area (TPSA) is 15.3 Å². The summed E-state index contributed by atoms with van der Waals surface area (Å²) in [5.41, 5.74) is 0. The van der Waals surface area contributed by atoms with Crippen LogP contribution in [-0.4, -0.2) is 37.6 Å². The highest BCUT2D eigenvalue weighted by Crippen LogP contribution is 2.23. The molecular formula is C13H26N2. The first-order valence-corrected chi connectivity index (χ1v) is 6.77. The first-order chi connectivity index (χ1) is 7.36. The number of hydrogen-bond acceptors (Lipinski definition) is 2. The predicted octanol–water partition coefficient (Wildman–Crippen LogP) is 2.25. The molecule has 1 N–H and O–H groups in total. The van der Waals surface area contributed by atoms with Crippen molar-refractivity contribution in [3.8, 4) is 0 Å². The van der Waals surface area contributed by atoms with Crippen LogP contribution >= 0.6 is 0 Å². The van der Waals surface area contributed by atoms with Crippen molar-refractivity contribution < 1.29 is 0 Å². The lowest BCUT2D eigenvalue weighted by molar-refractivity contribution is 0.155. The van der Waals surface area contributed by atoms with Crippen LogP contribution in [0.2, 0.25) is 0 Å². The van der Waals surface area contributed by atoms with Gasteiger partial charge in [0, 0.05) is 12.6 Å².